The average molecular weight is 516 g/mol. The first kappa shape index (κ1) is 26.0. The first-order valence-corrected chi connectivity index (χ1v) is 11.2. The Morgan fingerprint density at radius 2 is 1.89 bits per heavy atom. The number of benzene rings is 2. The number of ether oxygens (including phenoxy) is 1. The van der Waals surface area contributed by atoms with Gasteiger partial charge in [0.2, 0.25) is 5.43 Å². The average Bonchev–Trinajstić information content (AvgIpc) is 2.81. The number of rotatable bonds is 6. The van der Waals surface area contributed by atoms with Crippen LogP contribution in [0.25, 0.3) is 22.4 Å². The topological polar surface area (TPSA) is 85.6 Å². The molecule has 1 aromatic heterocycles. The van der Waals surface area contributed by atoms with Crippen molar-refractivity contribution in [2.45, 2.75) is 33.4 Å². The van der Waals surface area contributed by atoms with E-state index in [1.54, 1.807) is 24.5 Å². The maximum atomic E-state index is 15.0. The predicted octanol–water partition coefficient (Wildman–Crippen LogP) is 5.83. The Kier molecular flexibility index (Phi) is 7.69. The highest BCUT2D eigenvalue weighted by Crippen LogP contribution is 2.34. The van der Waals surface area contributed by atoms with Crippen LogP contribution in [-0.2, 0) is 11.3 Å². The molecule has 1 atom stereocenters. The Bertz CT molecular complexity index is 1460. The second-order valence-corrected chi connectivity index (χ2v) is 8.41. The van der Waals surface area contributed by atoms with E-state index in [2.05, 4.69) is 5.92 Å². The summed E-state index contributed by atoms with van der Waals surface area (Å²) in [6.07, 6.45) is 4.42. The van der Waals surface area contributed by atoms with Crippen molar-refractivity contribution in [1.82, 2.24) is 4.57 Å². The molecule has 180 valence electrons. The quantitative estimate of drug-likeness (QED) is 0.329. The Morgan fingerprint density at radius 1 is 1.20 bits per heavy atom. The third kappa shape index (κ3) is 4.95. The van der Waals surface area contributed by atoms with Gasteiger partial charge in [-0.3, -0.25) is 4.79 Å². The second kappa shape index (κ2) is 10.3. The van der Waals surface area contributed by atoms with Crippen molar-refractivity contribution < 1.29 is 23.8 Å². The lowest BCUT2D eigenvalue weighted by Gasteiger charge is -2.21. The van der Waals surface area contributed by atoms with Gasteiger partial charge in [-0.2, -0.15) is 0 Å². The molecule has 35 heavy (non-hydrogen) atoms. The summed E-state index contributed by atoms with van der Waals surface area (Å²) in [5, 5.41) is 10.4. The second-order valence-electron chi connectivity index (χ2n) is 7.60. The number of aromatic nitrogens is 1. The summed E-state index contributed by atoms with van der Waals surface area (Å²) in [7, 11) is 0. The van der Waals surface area contributed by atoms with Gasteiger partial charge in [0.25, 0.3) is 0 Å². The molecule has 0 spiro atoms. The van der Waals surface area contributed by atoms with E-state index in [1.165, 1.54) is 25.1 Å². The smallest absolute Gasteiger partial charge is 0.341 e. The third-order valence-electron chi connectivity index (χ3n) is 5.44. The normalized spacial score (nSPS) is 11.6. The summed E-state index contributed by atoms with van der Waals surface area (Å²) in [5.41, 5.74) is -1.21. The van der Waals surface area contributed by atoms with Crippen molar-refractivity contribution >= 4 is 35.1 Å². The van der Waals surface area contributed by atoms with Crippen molar-refractivity contribution in [2.75, 3.05) is 0 Å². The van der Waals surface area contributed by atoms with Crippen LogP contribution in [0.4, 0.5) is 4.39 Å². The third-order valence-corrected chi connectivity index (χ3v) is 6.18. The molecule has 9 heteroatoms. The number of aromatic carboxylic acids is 1. The Morgan fingerprint density at radius 3 is 2.46 bits per heavy atom. The number of terminal acetylenes is 1. The van der Waals surface area contributed by atoms with Gasteiger partial charge in [-0.25, -0.2) is 14.0 Å². The maximum Gasteiger partial charge on any atom is 0.341 e. The van der Waals surface area contributed by atoms with E-state index in [4.69, 9.17) is 34.4 Å². The highest BCUT2D eigenvalue weighted by atomic mass is 35.5. The molecule has 0 saturated heterocycles. The zero-order valence-corrected chi connectivity index (χ0v) is 20.5. The van der Waals surface area contributed by atoms with Crippen LogP contribution in [0.2, 0.25) is 10.0 Å². The van der Waals surface area contributed by atoms with Gasteiger partial charge in [0.1, 0.15) is 11.4 Å². The minimum absolute atomic E-state index is 0.0456. The van der Waals surface area contributed by atoms with Gasteiger partial charge in [0.05, 0.1) is 26.9 Å². The van der Waals surface area contributed by atoms with Crippen LogP contribution in [-0.4, -0.2) is 27.7 Å². The fourth-order valence-electron chi connectivity index (χ4n) is 3.80. The van der Waals surface area contributed by atoms with Gasteiger partial charge >= 0.3 is 11.9 Å². The molecule has 3 aromatic rings. The molecular weight excluding hydrogens is 496 g/mol. The van der Waals surface area contributed by atoms with E-state index < -0.39 is 34.9 Å². The largest absolute Gasteiger partial charge is 0.477 e. The zero-order valence-electron chi connectivity index (χ0n) is 19.0. The lowest BCUT2D eigenvalue weighted by Crippen LogP contribution is -2.25. The van der Waals surface area contributed by atoms with E-state index in [-0.39, 0.29) is 39.0 Å². The summed E-state index contributed by atoms with van der Waals surface area (Å²) in [6, 6.07) is 7.85. The van der Waals surface area contributed by atoms with Crippen LogP contribution in [0.15, 0.2) is 41.2 Å². The van der Waals surface area contributed by atoms with Crippen molar-refractivity contribution in [2.24, 2.45) is 0 Å². The van der Waals surface area contributed by atoms with Crippen molar-refractivity contribution in [3.05, 3.63) is 79.3 Å². The van der Waals surface area contributed by atoms with Gasteiger partial charge in [-0.15, -0.1) is 6.42 Å². The van der Waals surface area contributed by atoms with Gasteiger partial charge in [-0.05, 0) is 51.1 Å². The van der Waals surface area contributed by atoms with Gasteiger partial charge < -0.3 is 14.4 Å². The molecule has 6 nitrogen and oxygen atoms in total. The van der Waals surface area contributed by atoms with Crippen molar-refractivity contribution in [3.63, 3.8) is 0 Å². The fourth-order valence-corrected chi connectivity index (χ4v) is 4.09. The number of carboxylic acid groups (broad SMARTS) is 1. The highest BCUT2D eigenvalue weighted by molar-refractivity contribution is 6.42. The SMILES string of the molecule is C#CC(C)OC(=O)c1ccc(F)c(-c2c(C)n(CC)c(-c3ccc(Cl)c(Cl)c3)c(C(=O)O)c2=O)c1. The number of carbonyl (C=O) groups is 2. The summed E-state index contributed by atoms with van der Waals surface area (Å²) < 4.78 is 21.6. The fraction of sp³-hybridized carbons (Fsp3) is 0.192. The molecular formula is C26H20Cl2FNO5. The summed E-state index contributed by atoms with van der Waals surface area (Å²) in [5.74, 6) is -0.870. The highest BCUT2D eigenvalue weighted by Gasteiger charge is 2.27. The van der Waals surface area contributed by atoms with E-state index in [9.17, 15) is 23.9 Å². The number of carboxylic acids is 1. The first-order valence-electron chi connectivity index (χ1n) is 10.4. The van der Waals surface area contributed by atoms with Crippen LogP contribution in [0.5, 0.6) is 0 Å². The van der Waals surface area contributed by atoms with Crippen LogP contribution < -0.4 is 5.43 Å². The van der Waals surface area contributed by atoms with Crippen LogP contribution in [0.1, 0.15) is 40.3 Å². The van der Waals surface area contributed by atoms with Crippen molar-refractivity contribution in [1.29, 1.82) is 0 Å². The minimum Gasteiger partial charge on any atom is -0.477 e. The Labute approximate surface area is 210 Å². The summed E-state index contributed by atoms with van der Waals surface area (Å²) >= 11 is 12.1. The molecule has 0 aliphatic carbocycles. The van der Waals surface area contributed by atoms with E-state index in [0.29, 0.717) is 11.3 Å². The number of hydrogen-bond acceptors (Lipinski definition) is 4. The summed E-state index contributed by atoms with van der Waals surface area (Å²) in [6.45, 7) is 5.06. The van der Waals surface area contributed by atoms with Gasteiger partial charge in [0.15, 0.2) is 6.10 Å². The number of halogens is 3. The monoisotopic (exact) mass is 515 g/mol. The molecule has 3 rings (SSSR count). The number of carbonyl (C=O) groups excluding carboxylic acids is 1. The zero-order chi connectivity index (χ0) is 26.0. The van der Waals surface area contributed by atoms with E-state index in [1.807, 2.05) is 0 Å². The molecule has 2 aromatic carbocycles. The van der Waals surface area contributed by atoms with Crippen molar-refractivity contribution in [3.8, 4) is 34.7 Å². The molecule has 0 amide bonds. The van der Waals surface area contributed by atoms with Crippen LogP contribution in [0.3, 0.4) is 0 Å². The molecule has 0 aliphatic heterocycles. The van der Waals surface area contributed by atoms with Gasteiger partial charge in [-0.1, -0.05) is 35.2 Å². The first-order chi connectivity index (χ1) is 16.5. The lowest BCUT2D eigenvalue weighted by molar-refractivity contribution is 0.0438. The van der Waals surface area contributed by atoms with Gasteiger partial charge in [0, 0.05) is 23.4 Å². The number of nitrogens with zero attached hydrogens (tertiary/aromatic N) is 1. The number of hydrogen-bond donors (Lipinski definition) is 1. The lowest BCUT2D eigenvalue weighted by atomic mass is 9.95. The molecule has 0 bridgehead atoms. The molecule has 1 N–H and O–H groups in total. The molecule has 0 aliphatic rings. The number of esters is 1. The summed E-state index contributed by atoms with van der Waals surface area (Å²) in [4.78, 5) is 38.3. The molecule has 0 fully saturated rings. The molecule has 1 heterocycles. The molecule has 1 unspecified atom stereocenters. The predicted molar refractivity (Wildman–Crippen MR) is 133 cm³/mol. The van der Waals surface area contributed by atoms with Crippen LogP contribution >= 0.6 is 23.2 Å². The maximum absolute atomic E-state index is 15.0. The standard InChI is InChI=1S/C26H20Cl2FNO5/c1-5-13(3)35-26(34)16-8-10-20(29)17(11-16)21-14(4)30(6-2)23(22(24(21)31)25(32)33)15-7-9-18(27)19(28)12-15/h1,7-13H,6H2,2-4H3,(H,32,33). The van der Waals surface area contributed by atoms with E-state index in [0.717, 1.165) is 12.1 Å². The van der Waals surface area contributed by atoms with Crippen LogP contribution in [0, 0.1) is 25.1 Å². The minimum atomic E-state index is -1.50. The molecule has 0 radical (unpaired) electrons. The Balaban J connectivity index is 2.36. The Hall–Kier alpha value is -3.60. The van der Waals surface area contributed by atoms with E-state index >= 15 is 0 Å². The molecule has 0 saturated carbocycles. The number of pyridine rings is 1.